The second kappa shape index (κ2) is 13.6. The monoisotopic (exact) mass is 572 g/mol. The molecule has 1 aliphatic heterocycles. The SMILES string of the molecule is CN(CC#Cc1ccccc1)[C@@H]1CCN(C(=O)C(c2ccccc2)c2ccccc2)[C@H](C(=O)NS(=O)(=O)N(C)C)C1. The predicted molar refractivity (Wildman–Crippen MR) is 160 cm³/mol. The van der Waals surface area contributed by atoms with Gasteiger partial charge in [0.05, 0.1) is 12.5 Å². The van der Waals surface area contributed by atoms with Crippen LogP contribution in [0.25, 0.3) is 0 Å². The summed E-state index contributed by atoms with van der Waals surface area (Å²) in [6.07, 6.45) is 0.899. The number of nitrogens with zero attached hydrogens (tertiary/aromatic N) is 3. The summed E-state index contributed by atoms with van der Waals surface area (Å²) in [6.45, 7) is 0.769. The highest BCUT2D eigenvalue weighted by Crippen LogP contribution is 2.31. The Kier molecular flexibility index (Phi) is 9.95. The molecule has 1 aliphatic rings. The number of likely N-dealkylation sites (tertiary alicyclic amines) is 1. The first-order valence-corrected chi connectivity index (χ1v) is 15.0. The molecule has 1 saturated heterocycles. The lowest BCUT2D eigenvalue weighted by molar-refractivity contribution is -0.143. The Labute approximate surface area is 243 Å². The van der Waals surface area contributed by atoms with E-state index in [0.717, 1.165) is 21.0 Å². The maximum Gasteiger partial charge on any atom is 0.303 e. The summed E-state index contributed by atoms with van der Waals surface area (Å²) in [5.41, 5.74) is 2.53. The molecule has 1 fully saturated rings. The van der Waals surface area contributed by atoms with Crippen molar-refractivity contribution in [2.24, 2.45) is 0 Å². The van der Waals surface area contributed by atoms with Crippen molar-refractivity contribution in [1.82, 2.24) is 18.8 Å². The van der Waals surface area contributed by atoms with Gasteiger partial charge in [-0.15, -0.1) is 0 Å². The molecule has 0 aromatic heterocycles. The summed E-state index contributed by atoms with van der Waals surface area (Å²) in [7, 11) is 0.590. The molecule has 0 aliphatic carbocycles. The van der Waals surface area contributed by atoms with Gasteiger partial charge in [0, 0.05) is 32.2 Å². The number of piperidine rings is 1. The highest BCUT2D eigenvalue weighted by Gasteiger charge is 2.41. The summed E-state index contributed by atoms with van der Waals surface area (Å²) >= 11 is 0. The average molecular weight is 573 g/mol. The number of hydrogen-bond acceptors (Lipinski definition) is 5. The van der Waals surface area contributed by atoms with Gasteiger partial charge in [0.15, 0.2) is 0 Å². The van der Waals surface area contributed by atoms with E-state index in [9.17, 15) is 18.0 Å². The minimum absolute atomic E-state index is 0.0752. The summed E-state index contributed by atoms with van der Waals surface area (Å²) in [4.78, 5) is 31.4. The molecule has 9 heteroatoms. The van der Waals surface area contributed by atoms with Gasteiger partial charge in [-0.3, -0.25) is 14.5 Å². The van der Waals surface area contributed by atoms with E-state index in [-0.39, 0.29) is 18.4 Å². The Bertz CT molecular complexity index is 1450. The van der Waals surface area contributed by atoms with Crippen LogP contribution in [0, 0.1) is 11.8 Å². The van der Waals surface area contributed by atoms with Crippen molar-refractivity contribution in [3.05, 3.63) is 108 Å². The van der Waals surface area contributed by atoms with Gasteiger partial charge in [-0.05, 0) is 43.1 Å². The zero-order chi connectivity index (χ0) is 29.4. The van der Waals surface area contributed by atoms with Crippen LogP contribution in [0.5, 0.6) is 0 Å². The van der Waals surface area contributed by atoms with Gasteiger partial charge in [0.25, 0.3) is 5.91 Å². The Morgan fingerprint density at radius 2 is 1.44 bits per heavy atom. The third-order valence-electron chi connectivity index (χ3n) is 7.34. The lowest BCUT2D eigenvalue weighted by Crippen LogP contribution is -2.59. The van der Waals surface area contributed by atoms with E-state index in [0.29, 0.717) is 19.5 Å². The van der Waals surface area contributed by atoms with E-state index < -0.39 is 28.1 Å². The Balaban J connectivity index is 1.61. The molecule has 0 bridgehead atoms. The number of amides is 2. The van der Waals surface area contributed by atoms with Crippen LogP contribution >= 0.6 is 0 Å². The highest BCUT2D eigenvalue weighted by atomic mass is 32.2. The predicted octanol–water partition coefficient (Wildman–Crippen LogP) is 3.08. The van der Waals surface area contributed by atoms with Crippen molar-refractivity contribution in [2.45, 2.75) is 30.8 Å². The van der Waals surface area contributed by atoms with Crippen LogP contribution in [0.1, 0.15) is 35.4 Å². The van der Waals surface area contributed by atoms with Crippen LogP contribution in [-0.4, -0.2) is 80.7 Å². The largest absolute Gasteiger partial charge is 0.330 e. The van der Waals surface area contributed by atoms with E-state index >= 15 is 0 Å². The Morgan fingerprint density at radius 3 is 1.98 bits per heavy atom. The zero-order valence-electron chi connectivity index (χ0n) is 23.6. The molecule has 8 nitrogen and oxygen atoms in total. The normalized spacial score (nSPS) is 17.3. The standard InChI is InChI=1S/C32H36N4O4S/c1-34(2)41(39,40)33-31(37)29-24-28(35(3)22-13-16-25-14-7-4-8-15-25)21-23-36(29)32(38)30(26-17-9-5-10-18-26)27-19-11-6-12-20-27/h4-12,14-15,17-20,28-30H,21-24H2,1-3H3,(H,33,37)/t28-,29+/m1/s1. The van der Waals surface area contributed by atoms with E-state index in [1.165, 1.54) is 14.1 Å². The van der Waals surface area contributed by atoms with Crippen LogP contribution in [-0.2, 0) is 19.8 Å². The first-order valence-electron chi connectivity index (χ1n) is 13.6. The number of benzene rings is 3. The van der Waals surface area contributed by atoms with Crippen molar-refractivity contribution in [3.8, 4) is 11.8 Å². The van der Waals surface area contributed by atoms with Crippen molar-refractivity contribution in [3.63, 3.8) is 0 Å². The number of rotatable bonds is 8. The van der Waals surface area contributed by atoms with Crippen molar-refractivity contribution in [1.29, 1.82) is 0 Å². The van der Waals surface area contributed by atoms with Crippen LogP contribution in [0.3, 0.4) is 0 Å². The third kappa shape index (κ3) is 7.61. The molecule has 0 saturated carbocycles. The first-order chi connectivity index (χ1) is 19.7. The maximum atomic E-state index is 14.3. The summed E-state index contributed by atoms with van der Waals surface area (Å²) in [5.74, 6) is 4.74. The fourth-order valence-corrected chi connectivity index (χ4v) is 5.57. The molecule has 41 heavy (non-hydrogen) atoms. The molecular weight excluding hydrogens is 536 g/mol. The van der Waals surface area contributed by atoms with Gasteiger partial charge in [0.1, 0.15) is 6.04 Å². The average Bonchev–Trinajstić information content (AvgIpc) is 2.98. The molecule has 0 unspecified atom stereocenters. The molecule has 3 aromatic rings. The van der Waals surface area contributed by atoms with E-state index in [1.807, 2.05) is 98.0 Å². The molecule has 4 rings (SSSR count). The lowest BCUT2D eigenvalue weighted by Gasteiger charge is -2.42. The Morgan fingerprint density at radius 1 is 0.902 bits per heavy atom. The van der Waals surface area contributed by atoms with Crippen LogP contribution in [0.4, 0.5) is 0 Å². The fourth-order valence-electron chi connectivity index (χ4n) is 5.00. The number of carbonyl (C=O) groups is 2. The van der Waals surface area contributed by atoms with Gasteiger partial charge in [-0.2, -0.15) is 12.7 Å². The van der Waals surface area contributed by atoms with Crippen molar-refractivity contribution >= 4 is 22.0 Å². The second-order valence-electron chi connectivity index (χ2n) is 10.3. The van der Waals surface area contributed by atoms with Crippen molar-refractivity contribution < 1.29 is 18.0 Å². The lowest BCUT2D eigenvalue weighted by atomic mass is 9.87. The van der Waals surface area contributed by atoms with Crippen LogP contribution in [0.2, 0.25) is 0 Å². The van der Waals surface area contributed by atoms with Crippen LogP contribution in [0.15, 0.2) is 91.0 Å². The number of carbonyl (C=O) groups excluding carboxylic acids is 2. The molecule has 0 radical (unpaired) electrons. The zero-order valence-corrected chi connectivity index (χ0v) is 24.4. The van der Waals surface area contributed by atoms with Gasteiger partial charge in [-0.25, -0.2) is 4.72 Å². The Hall–Kier alpha value is -3.97. The summed E-state index contributed by atoms with van der Waals surface area (Å²) in [6, 6.07) is 27.5. The molecule has 1 heterocycles. The van der Waals surface area contributed by atoms with Crippen LogP contribution < -0.4 is 4.72 Å². The molecule has 2 atom stereocenters. The molecule has 1 N–H and O–H groups in total. The number of hydrogen-bond donors (Lipinski definition) is 1. The smallest absolute Gasteiger partial charge is 0.303 e. The molecule has 2 amide bonds. The second-order valence-corrected chi connectivity index (χ2v) is 12.2. The fraction of sp³-hybridized carbons (Fsp3) is 0.312. The minimum atomic E-state index is -4.04. The first kappa shape index (κ1) is 30.0. The number of nitrogens with one attached hydrogen (secondary N) is 1. The van der Waals surface area contributed by atoms with Gasteiger partial charge >= 0.3 is 10.2 Å². The molecule has 214 valence electrons. The quantitative estimate of drug-likeness (QED) is 0.419. The summed E-state index contributed by atoms with van der Waals surface area (Å²) in [5, 5.41) is 0. The van der Waals surface area contributed by atoms with E-state index in [4.69, 9.17) is 0 Å². The van der Waals surface area contributed by atoms with Gasteiger partial charge < -0.3 is 4.90 Å². The van der Waals surface area contributed by atoms with E-state index in [1.54, 1.807) is 4.90 Å². The van der Waals surface area contributed by atoms with Gasteiger partial charge in [0.2, 0.25) is 5.91 Å². The molecular formula is C32H36N4O4S. The molecule has 0 spiro atoms. The topological polar surface area (TPSA) is 90.0 Å². The third-order valence-corrected chi connectivity index (χ3v) is 8.76. The highest BCUT2D eigenvalue weighted by molar-refractivity contribution is 7.87. The molecule has 3 aromatic carbocycles. The minimum Gasteiger partial charge on any atom is -0.330 e. The van der Waals surface area contributed by atoms with Gasteiger partial charge in [-0.1, -0.05) is 90.7 Å². The van der Waals surface area contributed by atoms with E-state index in [2.05, 4.69) is 21.5 Å². The summed E-state index contributed by atoms with van der Waals surface area (Å²) < 4.78 is 28.3. The van der Waals surface area contributed by atoms with Crippen molar-refractivity contribution in [2.75, 3.05) is 34.2 Å². The maximum absolute atomic E-state index is 14.3.